The Morgan fingerprint density at radius 3 is 1.28 bits per heavy atom. The van der Waals surface area contributed by atoms with E-state index < -0.39 is 5.97 Å². The second kappa shape index (κ2) is 29.1. The Bertz CT molecular complexity index is 3440. The lowest BCUT2D eigenvalue weighted by molar-refractivity contribution is -0.132. The minimum absolute atomic E-state index is 0.252. The number of aromatic amines is 1. The Balaban J connectivity index is 0.000000222. The highest BCUT2D eigenvalue weighted by Gasteiger charge is 2.23. The quantitative estimate of drug-likeness (QED) is 0.0484. The van der Waals surface area contributed by atoms with Crippen LogP contribution in [0.1, 0.15) is 83.8 Å². The van der Waals surface area contributed by atoms with Crippen molar-refractivity contribution in [1.82, 2.24) is 15.0 Å². The molecule has 0 atom stereocenters. The molecule has 0 saturated heterocycles. The van der Waals surface area contributed by atoms with Gasteiger partial charge in [0.25, 0.3) is 0 Å². The first-order valence-corrected chi connectivity index (χ1v) is 30.4. The van der Waals surface area contributed by atoms with Gasteiger partial charge in [0.1, 0.15) is 16.6 Å². The van der Waals surface area contributed by atoms with Crippen LogP contribution in [-0.2, 0) is 4.79 Å². The summed E-state index contributed by atoms with van der Waals surface area (Å²) in [6.07, 6.45) is 0. The van der Waals surface area contributed by atoms with Gasteiger partial charge in [-0.05, 0) is 171 Å². The molecule has 0 aliphatic rings. The Morgan fingerprint density at radius 1 is 0.459 bits per heavy atom. The lowest BCUT2D eigenvalue weighted by Gasteiger charge is -2.21. The number of ether oxygens (including phenoxy) is 4. The van der Waals surface area contributed by atoms with Crippen molar-refractivity contribution >= 4 is 46.0 Å². The number of rotatable bonds is 23. The third kappa shape index (κ3) is 14.4. The van der Waals surface area contributed by atoms with Crippen LogP contribution in [0, 0.1) is 13.8 Å². The largest absolute Gasteiger partial charge is 0.493 e. The summed E-state index contributed by atoms with van der Waals surface area (Å²) in [6, 6.07) is 51.5. The van der Waals surface area contributed by atoms with Gasteiger partial charge in [-0.3, -0.25) is 4.79 Å². The SMILES string of the molecule is CCN(CC)c1ccc(-c2nc(-c3cc(C)c(OC(=O)c4ccccc4)c(C)c3)[nH]c2-c2ccc(N(CC)CC)cc2)cc1.CCN(CC)c1ccc(-c2nc(-c3cc(OC)c(OC(C)=O)c(OC)c3)sc2-c2ccc(N(CC)CC)cc2)cc1. The molecule has 13 nitrogen and oxygen atoms in total. The molecule has 9 aromatic rings. The van der Waals surface area contributed by atoms with Crippen LogP contribution in [-0.4, -0.2) is 93.5 Å². The molecule has 0 spiro atoms. The summed E-state index contributed by atoms with van der Waals surface area (Å²) in [6.45, 7) is 30.3. The standard InChI is InChI=1S/C38H42N4O2.C33H39N3O4S/c1-7-41(8-2)32-20-16-28(17-21-32)34-35(29-18-22-33(23-19-29)42(9-3)10-4)40-37(39-34)31-24-26(5)36(27(6)25-31)44-38(43)30-14-12-11-13-15-30;1-8-35(9-2)26-16-12-23(13-17-26)30-32(24-14-18-27(19-15-24)36(10-3)11-4)41-33(34-30)25-20-28(38-6)31(40-22(5)37)29(21-25)39-7/h11-25H,7-10H2,1-6H3,(H,39,40);12-21H,8-11H2,1-7H3. The zero-order valence-corrected chi connectivity index (χ0v) is 52.4. The number of anilines is 4. The number of nitrogens with one attached hydrogen (secondary N) is 1. The molecule has 0 saturated carbocycles. The smallest absolute Gasteiger partial charge is 0.343 e. The molecule has 9 rings (SSSR count). The van der Waals surface area contributed by atoms with E-state index in [2.05, 4.69) is 177 Å². The fourth-order valence-electron chi connectivity index (χ4n) is 10.7. The molecular weight excluding hydrogens is 1080 g/mol. The monoisotopic (exact) mass is 1160 g/mol. The van der Waals surface area contributed by atoms with E-state index >= 15 is 0 Å². The predicted octanol–water partition coefficient (Wildman–Crippen LogP) is 16.7. The molecule has 7 aromatic carbocycles. The van der Waals surface area contributed by atoms with Gasteiger partial charge < -0.3 is 43.5 Å². The number of hydrogen-bond donors (Lipinski definition) is 1. The van der Waals surface area contributed by atoms with Crippen molar-refractivity contribution in [1.29, 1.82) is 0 Å². The number of carbonyl (C=O) groups excluding carboxylic acids is 2. The summed E-state index contributed by atoms with van der Waals surface area (Å²) >= 11 is 1.61. The molecule has 2 aromatic heterocycles. The Labute approximate surface area is 506 Å². The number of esters is 2. The second-order valence-corrected chi connectivity index (χ2v) is 21.4. The highest BCUT2D eigenvalue weighted by molar-refractivity contribution is 7.19. The zero-order chi connectivity index (χ0) is 60.7. The summed E-state index contributed by atoms with van der Waals surface area (Å²) in [7, 11) is 3.08. The van der Waals surface area contributed by atoms with Crippen LogP contribution >= 0.6 is 11.3 Å². The molecule has 2 heterocycles. The maximum Gasteiger partial charge on any atom is 0.343 e. The number of aryl methyl sites for hydroxylation is 2. The Hall–Kier alpha value is -8.88. The first-order chi connectivity index (χ1) is 41.2. The normalized spacial score (nSPS) is 10.9. The van der Waals surface area contributed by atoms with E-state index in [0.717, 1.165) is 130 Å². The van der Waals surface area contributed by atoms with Gasteiger partial charge in [0.2, 0.25) is 5.75 Å². The van der Waals surface area contributed by atoms with Gasteiger partial charge in [-0.2, -0.15) is 0 Å². The van der Waals surface area contributed by atoms with Crippen LogP contribution < -0.4 is 38.5 Å². The minimum Gasteiger partial charge on any atom is -0.493 e. The summed E-state index contributed by atoms with van der Waals surface area (Å²) < 4.78 is 22.4. The molecule has 442 valence electrons. The topological polar surface area (TPSA) is 126 Å². The van der Waals surface area contributed by atoms with E-state index in [1.165, 1.54) is 29.7 Å². The summed E-state index contributed by atoms with van der Waals surface area (Å²) in [5, 5.41) is 0.807. The average Bonchev–Trinajstić information content (AvgIpc) is 2.79. The molecule has 0 unspecified atom stereocenters. The fourth-order valence-corrected chi connectivity index (χ4v) is 11.7. The van der Waals surface area contributed by atoms with Gasteiger partial charge in [-0.25, -0.2) is 14.8 Å². The van der Waals surface area contributed by atoms with Crippen molar-refractivity contribution in [2.45, 2.75) is 76.2 Å². The first-order valence-electron chi connectivity index (χ1n) is 29.6. The first kappa shape index (κ1) is 62.2. The highest BCUT2D eigenvalue weighted by atomic mass is 32.1. The number of nitrogens with zero attached hydrogens (tertiary/aromatic N) is 6. The summed E-state index contributed by atoms with van der Waals surface area (Å²) in [4.78, 5) is 48.9. The van der Waals surface area contributed by atoms with Gasteiger partial charge >= 0.3 is 11.9 Å². The van der Waals surface area contributed by atoms with E-state index in [9.17, 15) is 9.59 Å². The Morgan fingerprint density at radius 2 is 0.871 bits per heavy atom. The molecule has 0 aliphatic carbocycles. The van der Waals surface area contributed by atoms with Crippen molar-refractivity contribution in [2.75, 3.05) is 86.2 Å². The number of benzene rings is 7. The lowest BCUT2D eigenvalue weighted by Crippen LogP contribution is -2.21. The van der Waals surface area contributed by atoms with Crippen LogP contribution in [0.25, 0.3) is 66.2 Å². The molecule has 85 heavy (non-hydrogen) atoms. The fraction of sp³-hybridized carbons (Fsp3) is 0.296. The van der Waals surface area contributed by atoms with E-state index in [-0.39, 0.29) is 11.7 Å². The molecule has 0 aliphatic heterocycles. The number of hydrogen-bond acceptors (Lipinski definition) is 13. The van der Waals surface area contributed by atoms with Crippen molar-refractivity contribution < 1.29 is 28.5 Å². The average molecular weight is 1160 g/mol. The van der Waals surface area contributed by atoms with Gasteiger partial charge in [0, 0.05) is 110 Å². The van der Waals surface area contributed by atoms with Crippen LogP contribution in [0.5, 0.6) is 23.0 Å². The molecular formula is C71H81N7O6S. The number of methoxy groups -OCH3 is 2. The number of aromatic nitrogens is 3. The van der Waals surface area contributed by atoms with Crippen LogP contribution in [0.2, 0.25) is 0 Å². The number of thiazole rings is 1. The van der Waals surface area contributed by atoms with Crippen LogP contribution in [0.15, 0.2) is 152 Å². The maximum atomic E-state index is 12.8. The summed E-state index contributed by atoms with van der Waals surface area (Å²) in [5.41, 5.74) is 15.9. The van der Waals surface area contributed by atoms with Crippen molar-refractivity contribution in [3.8, 4) is 89.2 Å². The zero-order valence-electron chi connectivity index (χ0n) is 51.6. The number of carbonyl (C=O) groups is 2. The molecule has 0 fully saturated rings. The van der Waals surface area contributed by atoms with Gasteiger partial charge in [-0.1, -0.05) is 66.7 Å². The molecule has 1 N–H and O–H groups in total. The second-order valence-electron chi connectivity index (χ2n) is 20.4. The summed E-state index contributed by atoms with van der Waals surface area (Å²) in [5.74, 6) is 1.58. The van der Waals surface area contributed by atoms with E-state index in [4.69, 9.17) is 28.9 Å². The van der Waals surface area contributed by atoms with E-state index in [1.54, 1.807) is 37.7 Å². The van der Waals surface area contributed by atoms with Gasteiger partial charge in [0.05, 0.1) is 41.7 Å². The molecule has 0 radical (unpaired) electrons. The van der Waals surface area contributed by atoms with E-state index in [0.29, 0.717) is 22.8 Å². The number of H-pyrrole nitrogens is 1. The van der Waals surface area contributed by atoms with Crippen molar-refractivity contribution in [3.63, 3.8) is 0 Å². The van der Waals surface area contributed by atoms with E-state index in [1.807, 2.05) is 56.3 Å². The van der Waals surface area contributed by atoms with Gasteiger partial charge in [-0.15, -0.1) is 11.3 Å². The molecule has 0 amide bonds. The number of imidazole rings is 1. The van der Waals surface area contributed by atoms with Crippen molar-refractivity contribution in [3.05, 3.63) is 168 Å². The minimum atomic E-state index is -0.450. The molecule has 0 bridgehead atoms. The van der Waals surface area contributed by atoms with Gasteiger partial charge in [0.15, 0.2) is 11.5 Å². The predicted molar refractivity (Wildman–Crippen MR) is 353 cm³/mol. The maximum absolute atomic E-state index is 12.8. The van der Waals surface area contributed by atoms with Crippen LogP contribution in [0.4, 0.5) is 22.7 Å². The van der Waals surface area contributed by atoms with Crippen LogP contribution in [0.3, 0.4) is 0 Å². The lowest BCUT2D eigenvalue weighted by atomic mass is 10.0. The third-order valence-electron chi connectivity index (χ3n) is 15.3. The van der Waals surface area contributed by atoms with Crippen molar-refractivity contribution in [2.24, 2.45) is 0 Å². The Kier molecular flexibility index (Phi) is 21.3. The molecule has 14 heteroatoms. The highest BCUT2D eigenvalue weighted by Crippen LogP contribution is 2.46. The third-order valence-corrected chi connectivity index (χ3v) is 16.5.